The molecule has 1 amide bonds. The van der Waals surface area contributed by atoms with Gasteiger partial charge in [-0.2, -0.15) is 0 Å². The normalized spacial score (nSPS) is 14.2. The van der Waals surface area contributed by atoms with Crippen LogP contribution in [-0.2, 0) is 16.4 Å². The minimum atomic E-state index is -4.09. The van der Waals surface area contributed by atoms with Crippen molar-refractivity contribution in [3.63, 3.8) is 0 Å². The second-order valence-corrected chi connectivity index (χ2v) is 8.77. The molecular weight excluding hydrogens is 366 g/mol. The number of amides is 1. The molecular formula is C20H23NO5S. The van der Waals surface area contributed by atoms with E-state index in [0.29, 0.717) is 47.3 Å². The van der Waals surface area contributed by atoms with Gasteiger partial charge in [0.05, 0.1) is 10.5 Å². The van der Waals surface area contributed by atoms with Crippen LogP contribution >= 0.6 is 0 Å². The van der Waals surface area contributed by atoms with Crippen LogP contribution in [-0.4, -0.2) is 20.1 Å². The lowest BCUT2D eigenvalue weighted by Crippen LogP contribution is -2.32. The maximum absolute atomic E-state index is 12.9. The topological polar surface area (TPSA) is 93.4 Å². The minimum Gasteiger partial charge on any atom is -0.455 e. The van der Waals surface area contributed by atoms with Crippen LogP contribution in [0.2, 0.25) is 0 Å². The Balaban J connectivity index is 2.01. The third-order valence-corrected chi connectivity index (χ3v) is 6.91. The molecule has 0 aliphatic heterocycles. The van der Waals surface area contributed by atoms with Crippen molar-refractivity contribution in [1.82, 2.24) is 4.72 Å². The van der Waals surface area contributed by atoms with Gasteiger partial charge < -0.3 is 4.42 Å². The quantitative estimate of drug-likeness (QED) is 0.868. The number of benzene rings is 1. The molecule has 1 heterocycles. The molecule has 27 heavy (non-hydrogen) atoms. The Hall–Kier alpha value is -2.41. The van der Waals surface area contributed by atoms with E-state index < -0.39 is 15.9 Å². The zero-order chi connectivity index (χ0) is 20.1. The average molecular weight is 389 g/mol. The van der Waals surface area contributed by atoms with Crippen molar-refractivity contribution in [2.75, 3.05) is 0 Å². The monoisotopic (exact) mass is 389 g/mol. The molecule has 144 valence electrons. The van der Waals surface area contributed by atoms with Gasteiger partial charge in [0.25, 0.3) is 10.0 Å². The number of hydrogen-bond acceptors (Lipinski definition) is 5. The first-order valence-electron chi connectivity index (χ1n) is 8.84. The molecule has 0 spiro atoms. The number of carbonyl (C=O) groups is 2. The van der Waals surface area contributed by atoms with Crippen molar-refractivity contribution in [2.24, 2.45) is 0 Å². The summed E-state index contributed by atoms with van der Waals surface area (Å²) < 4.78 is 33.6. The fourth-order valence-corrected chi connectivity index (χ4v) is 5.24. The Labute approximate surface area is 159 Å². The number of carbonyl (C=O) groups excluding carboxylic acids is 2. The van der Waals surface area contributed by atoms with Gasteiger partial charge in [-0.3, -0.25) is 9.59 Å². The molecule has 0 bridgehead atoms. The highest BCUT2D eigenvalue weighted by Gasteiger charge is 2.31. The van der Waals surface area contributed by atoms with Crippen LogP contribution in [0.5, 0.6) is 0 Å². The average Bonchev–Trinajstić information content (AvgIpc) is 2.91. The van der Waals surface area contributed by atoms with Crippen molar-refractivity contribution < 1.29 is 22.4 Å². The molecule has 0 unspecified atom stereocenters. The summed E-state index contributed by atoms with van der Waals surface area (Å²) in [5, 5.41) is 0. The number of fused-ring (bicyclic) bond motifs is 1. The highest BCUT2D eigenvalue weighted by Crippen LogP contribution is 2.30. The highest BCUT2D eigenvalue weighted by atomic mass is 32.2. The van der Waals surface area contributed by atoms with Crippen LogP contribution in [0.3, 0.4) is 0 Å². The molecule has 1 aliphatic carbocycles. The molecule has 7 heteroatoms. The van der Waals surface area contributed by atoms with Gasteiger partial charge in [-0.15, -0.1) is 0 Å². The van der Waals surface area contributed by atoms with Crippen LogP contribution in [0.1, 0.15) is 67.3 Å². The van der Waals surface area contributed by atoms with Gasteiger partial charge in [-0.25, -0.2) is 13.1 Å². The first-order chi connectivity index (χ1) is 12.5. The molecule has 1 aliphatic rings. The van der Waals surface area contributed by atoms with E-state index >= 15 is 0 Å². The van der Waals surface area contributed by atoms with Crippen LogP contribution in [0.4, 0.5) is 0 Å². The van der Waals surface area contributed by atoms with Crippen LogP contribution in [0.25, 0.3) is 0 Å². The third-order valence-electron chi connectivity index (χ3n) is 5.31. The van der Waals surface area contributed by atoms with Crippen molar-refractivity contribution in [3.8, 4) is 0 Å². The van der Waals surface area contributed by atoms with Gasteiger partial charge in [-0.05, 0) is 63.3 Å². The minimum absolute atomic E-state index is 0.0691. The number of sulfonamides is 1. The largest absolute Gasteiger partial charge is 0.455 e. The van der Waals surface area contributed by atoms with E-state index in [2.05, 4.69) is 4.72 Å². The Morgan fingerprint density at radius 1 is 1.00 bits per heavy atom. The fourth-order valence-electron chi connectivity index (χ4n) is 3.67. The first-order valence-corrected chi connectivity index (χ1v) is 10.3. The maximum Gasteiger partial charge on any atom is 0.300 e. The molecule has 6 nitrogen and oxygen atoms in total. The zero-order valence-electron chi connectivity index (χ0n) is 16.1. The summed E-state index contributed by atoms with van der Waals surface area (Å²) in [5.74, 6) is -0.573. The highest BCUT2D eigenvalue weighted by molar-refractivity contribution is 7.90. The second-order valence-electron chi connectivity index (χ2n) is 7.16. The molecule has 1 aromatic carbocycles. The summed E-state index contributed by atoms with van der Waals surface area (Å²) in [6.07, 6.45) is 1.64. The Kier molecular flexibility index (Phi) is 4.76. The Morgan fingerprint density at radius 3 is 2.15 bits per heavy atom. The molecule has 3 rings (SSSR count). The SMILES string of the molecule is Cc1cc(C)c(C)c(S(=O)(=O)NC(=O)c2oc3c(c2C)C(=O)CCC3)c1C. The Morgan fingerprint density at radius 2 is 1.59 bits per heavy atom. The maximum atomic E-state index is 12.9. The Bertz CT molecular complexity index is 1050. The first kappa shape index (κ1) is 19.4. The molecule has 0 atom stereocenters. The van der Waals surface area contributed by atoms with Crippen molar-refractivity contribution >= 4 is 21.7 Å². The van der Waals surface area contributed by atoms with E-state index in [1.165, 1.54) is 0 Å². The van der Waals surface area contributed by atoms with Gasteiger partial charge in [0.1, 0.15) is 5.76 Å². The van der Waals surface area contributed by atoms with E-state index in [1.807, 2.05) is 19.9 Å². The van der Waals surface area contributed by atoms with Crippen LogP contribution < -0.4 is 4.72 Å². The van der Waals surface area contributed by atoms with E-state index in [1.54, 1.807) is 20.8 Å². The number of furan rings is 1. The molecule has 0 radical (unpaired) electrons. The summed E-state index contributed by atoms with van der Waals surface area (Å²) in [6.45, 7) is 8.71. The molecule has 1 aromatic heterocycles. The van der Waals surface area contributed by atoms with Crippen molar-refractivity contribution in [3.05, 3.63) is 51.0 Å². The standard InChI is InChI=1S/C20H23NO5S/c1-10-9-11(2)13(4)19(12(10)3)27(24,25)21-20(23)18-14(5)17-15(22)7-6-8-16(17)26-18/h9H,6-8H2,1-5H3,(H,21,23). The van der Waals surface area contributed by atoms with Gasteiger partial charge in [0.15, 0.2) is 11.5 Å². The fraction of sp³-hybridized carbons (Fsp3) is 0.400. The summed E-state index contributed by atoms with van der Waals surface area (Å²) in [5.41, 5.74) is 3.69. The lowest BCUT2D eigenvalue weighted by atomic mass is 9.94. The smallest absolute Gasteiger partial charge is 0.300 e. The summed E-state index contributed by atoms with van der Waals surface area (Å²) in [6, 6.07) is 1.92. The summed E-state index contributed by atoms with van der Waals surface area (Å²) >= 11 is 0. The lowest BCUT2D eigenvalue weighted by Gasteiger charge is -2.15. The van der Waals surface area contributed by atoms with E-state index in [9.17, 15) is 18.0 Å². The van der Waals surface area contributed by atoms with E-state index in [-0.39, 0.29) is 16.4 Å². The van der Waals surface area contributed by atoms with Crippen molar-refractivity contribution in [2.45, 2.75) is 58.8 Å². The number of nitrogens with one attached hydrogen (secondary N) is 1. The molecule has 0 saturated heterocycles. The van der Waals surface area contributed by atoms with Gasteiger partial charge in [-0.1, -0.05) is 6.07 Å². The van der Waals surface area contributed by atoms with Gasteiger partial charge >= 0.3 is 5.91 Å². The molecule has 0 saturated carbocycles. The van der Waals surface area contributed by atoms with Gasteiger partial charge in [0.2, 0.25) is 0 Å². The second kappa shape index (κ2) is 6.64. The van der Waals surface area contributed by atoms with Gasteiger partial charge in [0, 0.05) is 18.4 Å². The summed E-state index contributed by atoms with van der Waals surface area (Å²) in [7, 11) is -4.09. The number of aryl methyl sites for hydroxylation is 3. The van der Waals surface area contributed by atoms with Crippen LogP contribution in [0.15, 0.2) is 15.4 Å². The predicted molar refractivity (Wildman–Crippen MR) is 101 cm³/mol. The number of Topliss-reactive ketones (excluding diaryl/α,β-unsaturated/α-hetero) is 1. The van der Waals surface area contributed by atoms with Crippen molar-refractivity contribution in [1.29, 1.82) is 0 Å². The third kappa shape index (κ3) is 3.20. The van der Waals surface area contributed by atoms with E-state index in [4.69, 9.17) is 4.42 Å². The number of ketones is 1. The molecule has 0 fully saturated rings. The van der Waals surface area contributed by atoms with E-state index in [0.717, 1.165) is 11.1 Å². The lowest BCUT2D eigenvalue weighted by molar-refractivity contribution is 0.0944. The predicted octanol–water partition coefficient (Wildman–Crippen LogP) is 3.46. The molecule has 1 N–H and O–H groups in total. The summed E-state index contributed by atoms with van der Waals surface area (Å²) in [4.78, 5) is 24.9. The number of hydrogen-bond donors (Lipinski definition) is 1. The molecule has 2 aromatic rings. The zero-order valence-corrected chi connectivity index (χ0v) is 17.0. The number of rotatable bonds is 3. The van der Waals surface area contributed by atoms with Crippen LogP contribution in [0, 0.1) is 34.6 Å².